The molecule has 1 fully saturated rings. The van der Waals surface area contributed by atoms with E-state index in [1.165, 1.54) is 5.69 Å². The molecule has 2 N–H and O–H groups in total. The fourth-order valence-electron chi connectivity index (χ4n) is 3.19. The molecule has 1 spiro atoms. The number of carbonyl (C=O) groups excluding carboxylic acids is 1. The van der Waals surface area contributed by atoms with Crippen LogP contribution in [0.1, 0.15) is 28.8 Å². The molecule has 5 heteroatoms. The normalized spacial score (nSPS) is 17.9. The summed E-state index contributed by atoms with van der Waals surface area (Å²) < 4.78 is 6.01. The highest BCUT2D eigenvalue weighted by Gasteiger charge is 2.50. The highest BCUT2D eigenvalue weighted by molar-refractivity contribution is 5.93. The highest BCUT2D eigenvalue weighted by atomic mass is 16.5. The smallest absolute Gasteiger partial charge is 0.274 e. The van der Waals surface area contributed by atoms with E-state index in [0.29, 0.717) is 12.2 Å². The van der Waals surface area contributed by atoms with Gasteiger partial charge in [-0.15, -0.1) is 0 Å². The van der Waals surface area contributed by atoms with Gasteiger partial charge in [-0.1, -0.05) is 24.3 Å². The van der Waals surface area contributed by atoms with Crippen molar-refractivity contribution in [2.75, 3.05) is 11.5 Å². The maximum atomic E-state index is 11.6. The topological polar surface area (TPSA) is 61.8 Å². The molecule has 2 aliphatic rings. The lowest BCUT2D eigenvalue weighted by atomic mass is 10.1. The summed E-state index contributed by atoms with van der Waals surface area (Å²) in [6.07, 6.45) is 2.22. The second-order valence-electron chi connectivity index (χ2n) is 6.20. The van der Waals surface area contributed by atoms with Gasteiger partial charge in [0.15, 0.2) is 0 Å². The van der Waals surface area contributed by atoms with Gasteiger partial charge < -0.3 is 9.64 Å². The molecule has 1 aliphatic heterocycles. The van der Waals surface area contributed by atoms with Crippen molar-refractivity contribution in [1.82, 2.24) is 5.48 Å². The number of nitrogens with zero attached hydrogens (tertiary/aromatic N) is 1. The summed E-state index contributed by atoms with van der Waals surface area (Å²) in [4.78, 5) is 14.0. The number of anilines is 1. The summed E-state index contributed by atoms with van der Waals surface area (Å²) in [5.74, 6) is 0.192. The van der Waals surface area contributed by atoms with Gasteiger partial charge in [0.1, 0.15) is 12.4 Å². The number of carbonyl (C=O) groups is 1. The van der Waals surface area contributed by atoms with Crippen LogP contribution in [0.5, 0.6) is 5.75 Å². The maximum Gasteiger partial charge on any atom is 0.274 e. The van der Waals surface area contributed by atoms with Crippen LogP contribution in [0.3, 0.4) is 0 Å². The summed E-state index contributed by atoms with van der Waals surface area (Å²) in [6.45, 7) is 1.36. The monoisotopic (exact) mass is 310 g/mol. The number of hydroxylamine groups is 1. The third kappa shape index (κ3) is 2.43. The van der Waals surface area contributed by atoms with E-state index in [4.69, 9.17) is 9.94 Å². The largest absolute Gasteiger partial charge is 0.491 e. The van der Waals surface area contributed by atoms with Gasteiger partial charge in [-0.05, 0) is 37.1 Å². The SMILES string of the molecule is O=C(NO)c1ccc2c(c1)OCC1(CC1)N(c1ccccc1)C2. The molecule has 1 amide bonds. The molecule has 0 atom stereocenters. The van der Waals surface area contributed by atoms with Crippen molar-refractivity contribution in [2.45, 2.75) is 24.9 Å². The van der Waals surface area contributed by atoms with E-state index >= 15 is 0 Å². The lowest BCUT2D eigenvalue weighted by Crippen LogP contribution is -2.39. The van der Waals surface area contributed by atoms with Crippen LogP contribution < -0.4 is 15.1 Å². The molecule has 2 aromatic rings. The lowest BCUT2D eigenvalue weighted by Gasteiger charge is -2.31. The van der Waals surface area contributed by atoms with Crippen molar-refractivity contribution in [3.8, 4) is 5.75 Å². The first-order valence-electron chi connectivity index (χ1n) is 7.75. The van der Waals surface area contributed by atoms with Crippen molar-refractivity contribution in [3.05, 3.63) is 59.7 Å². The van der Waals surface area contributed by atoms with Crippen LogP contribution in [-0.2, 0) is 6.54 Å². The van der Waals surface area contributed by atoms with E-state index in [2.05, 4.69) is 17.0 Å². The van der Waals surface area contributed by atoms with Crippen molar-refractivity contribution in [1.29, 1.82) is 0 Å². The summed E-state index contributed by atoms with van der Waals surface area (Å²) in [5.41, 5.74) is 4.35. The fraction of sp³-hybridized carbons (Fsp3) is 0.278. The van der Waals surface area contributed by atoms with Crippen molar-refractivity contribution in [3.63, 3.8) is 0 Å². The van der Waals surface area contributed by atoms with Gasteiger partial charge in [0.2, 0.25) is 0 Å². The zero-order chi connectivity index (χ0) is 15.9. The van der Waals surface area contributed by atoms with Crippen molar-refractivity contribution < 1.29 is 14.7 Å². The maximum absolute atomic E-state index is 11.6. The first-order valence-corrected chi connectivity index (χ1v) is 7.75. The van der Waals surface area contributed by atoms with Crippen LogP contribution >= 0.6 is 0 Å². The Hall–Kier alpha value is -2.53. The van der Waals surface area contributed by atoms with Gasteiger partial charge in [0.25, 0.3) is 5.91 Å². The first kappa shape index (κ1) is 14.1. The first-order chi connectivity index (χ1) is 11.2. The van der Waals surface area contributed by atoms with Crippen LogP contribution in [0, 0.1) is 0 Å². The quantitative estimate of drug-likeness (QED) is 0.661. The van der Waals surface area contributed by atoms with Crippen molar-refractivity contribution >= 4 is 11.6 Å². The molecule has 0 radical (unpaired) electrons. The molecule has 0 aromatic heterocycles. The summed E-state index contributed by atoms with van der Waals surface area (Å²) in [5, 5.41) is 8.78. The number of para-hydroxylation sites is 1. The third-order valence-corrected chi connectivity index (χ3v) is 4.72. The van der Waals surface area contributed by atoms with E-state index in [1.54, 1.807) is 17.6 Å². The number of fused-ring (bicyclic) bond motifs is 1. The Balaban J connectivity index is 1.71. The van der Waals surface area contributed by atoms with Gasteiger partial charge in [-0.3, -0.25) is 10.0 Å². The molecule has 118 valence electrons. The second kappa shape index (κ2) is 5.28. The van der Waals surface area contributed by atoms with Gasteiger partial charge in [-0.25, -0.2) is 5.48 Å². The predicted octanol–water partition coefficient (Wildman–Crippen LogP) is 2.74. The van der Waals surface area contributed by atoms with Gasteiger partial charge in [0.05, 0.1) is 5.54 Å². The Labute approximate surface area is 134 Å². The van der Waals surface area contributed by atoms with Crippen LogP contribution in [0.15, 0.2) is 48.5 Å². The molecule has 4 rings (SSSR count). The number of nitrogens with one attached hydrogen (secondary N) is 1. The van der Waals surface area contributed by atoms with Crippen molar-refractivity contribution in [2.24, 2.45) is 0 Å². The van der Waals surface area contributed by atoms with Gasteiger partial charge in [-0.2, -0.15) is 0 Å². The Morgan fingerprint density at radius 3 is 2.65 bits per heavy atom. The highest BCUT2D eigenvalue weighted by Crippen LogP contribution is 2.47. The minimum Gasteiger partial charge on any atom is -0.491 e. The minimum atomic E-state index is -0.526. The molecule has 1 aliphatic carbocycles. The second-order valence-corrected chi connectivity index (χ2v) is 6.20. The average molecular weight is 310 g/mol. The molecule has 2 aromatic carbocycles. The molecule has 5 nitrogen and oxygen atoms in total. The molecule has 23 heavy (non-hydrogen) atoms. The number of rotatable bonds is 2. The minimum absolute atomic E-state index is 0.0553. The molecular formula is C18H18N2O3. The molecular weight excluding hydrogens is 292 g/mol. The lowest BCUT2D eigenvalue weighted by molar-refractivity contribution is 0.0706. The standard InChI is InChI=1S/C18H18N2O3/c21-17(19-22)13-6-7-14-11-20(15-4-2-1-3-5-15)18(8-9-18)12-23-16(14)10-13/h1-7,10,22H,8-9,11-12H2,(H,19,21). The van der Waals surface area contributed by atoms with E-state index in [0.717, 1.165) is 30.7 Å². The summed E-state index contributed by atoms with van der Waals surface area (Å²) >= 11 is 0. The fourth-order valence-corrected chi connectivity index (χ4v) is 3.19. The Kier molecular flexibility index (Phi) is 3.23. The summed E-state index contributed by atoms with van der Waals surface area (Å²) in [7, 11) is 0. The summed E-state index contributed by atoms with van der Waals surface area (Å²) in [6, 6.07) is 15.7. The zero-order valence-electron chi connectivity index (χ0n) is 12.7. The Bertz CT molecular complexity index is 741. The average Bonchev–Trinajstić information content (AvgIpc) is 3.41. The predicted molar refractivity (Wildman–Crippen MR) is 85.8 cm³/mol. The van der Waals surface area contributed by atoms with E-state index in [9.17, 15) is 4.79 Å². The molecule has 1 heterocycles. The zero-order valence-corrected chi connectivity index (χ0v) is 12.7. The Morgan fingerprint density at radius 2 is 1.96 bits per heavy atom. The number of hydrogen-bond acceptors (Lipinski definition) is 4. The van der Waals surface area contributed by atoms with Gasteiger partial charge >= 0.3 is 0 Å². The molecule has 0 bridgehead atoms. The molecule has 0 saturated heterocycles. The molecule has 1 saturated carbocycles. The van der Waals surface area contributed by atoms with E-state index in [1.807, 2.05) is 24.3 Å². The third-order valence-electron chi connectivity index (χ3n) is 4.72. The Morgan fingerprint density at radius 1 is 1.17 bits per heavy atom. The van der Waals surface area contributed by atoms with Crippen LogP contribution in [0.25, 0.3) is 0 Å². The molecule has 0 unspecified atom stereocenters. The number of amides is 1. The van der Waals surface area contributed by atoms with Gasteiger partial charge in [0, 0.05) is 23.4 Å². The van der Waals surface area contributed by atoms with Crippen LogP contribution in [0.2, 0.25) is 0 Å². The van der Waals surface area contributed by atoms with Crippen LogP contribution in [-0.4, -0.2) is 23.3 Å². The number of benzene rings is 2. The number of ether oxygens (including phenoxy) is 1. The van der Waals surface area contributed by atoms with Crippen LogP contribution in [0.4, 0.5) is 5.69 Å². The van der Waals surface area contributed by atoms with E-state index in [-0.39, 0.29) is 5.54 Å². The van der Waals surface area contributed by atoms with E-state index < -0.39 is 5.91 Å². The number of hydrogen-bond donors (Lipinski definition) is 2.